The summed E-state index contributed by atoms with van der Waals surface area (Å²) in [5.74, 6) is 3.38. The lowest BCUT2D eigenvalue weighted by Gasteiger charge is -2.47. The van der Waals surface area contributed by atoms with E-state index in [9.17, 15) is 5.11 Å². The molecule has 0 bridgehead atoms. The van der Waals surface area contributed by atoms with Crippen molar-refractivity contribution in [3.05, 3.63) is 173 Å². The van der Waals surface area contributed by atoms with Gasteiger partial charge in [-0.05, 0) is 126 Å². The summed E-state index contributed by atoms with van der Waals surface area (Å²) in [7, 11) is 3.50. The summed E-state index contributed by atoms with van der Waals surface area (Å²) in [6, 6.07) is 31.2. The number of benzene rings is 5. The van der Waals surface area contributed by atoms with Crippen molar-refractivity contribution in [1.82, 2.24) is 0 Å². The molecule has 3 aliphatic carbocycles. The number of hydrogen-bond donors (Lipinski definition) is 1. The highest BCUT2D eigenvalue weighted by Crippen LogP contribution is 2.64. The molecule has 1 unspecified atom stereocenters. The van der Waals surface area contributed by atoms with Gasteiger partial charge < -0.3 is 24.1 Å². The van der Waals surface area contributed by atoms with Crippen molar-refractivity contribution in [1.29, 1.82) is 0 Å². The molecule has 4 aliphatic rings. The van der Waals surface area contributed by atoms with E-state index >= 15 is 0 Å². The monoisotopic (exact) mass is 838 g/mol. The number of hydrogen-bond acceptors (Lipinski definition) is 5. The number of rotatable bonds is 15. The zero-order chi connectivity index (χ0) is 43.8. The minimum absolute atomic E-state index is 0.124. The van der Waals surface area contributed by atoms with Crippen LogP contribution >= 0.6 is 0 Å². The van der Waals surface area contributed by atoms with Gasteiger partial charge in [0.25, 0.3) is 0 Å². The average molecular weight is 839 g/mol. The smallest absolute Gasteiger partial charge is 0.178 e. The molecule has 0 radical (unpaired) electrons. The molecule has 0 aromatic heterocycles. The van der Waals surface area contributed by atoms with Gasteiger partial charge >= 0.3 is 0 Å². The Hall–Kier alpha value is -5.94. The van der Waals surface area contributed by atoms with Gasteiger partial charge in [0, 0.05) is 45.9 Å². The molecular formula is C58H62O5. The fourth-order valence-corrected chi connectivity index (χ4v) is 11.2. The number of methoxy groups -OCH3 is 2. The summed E-state index contributed by atoms with van der Waals surface area (Å²) in [6.07, 6.45) is 23.5. The van der Waals surface area contributed by atoms with Crippen LogP contribution in [0.5, 0.6) is 17.2 Å². The van der Waals surface area contributed by atoms with E-state index in [4.69, 9.17) is 18.9 Å². The molecule has 5 heteroatoms. The molecule has 1 fully saturated rings. The van der Waals surface area contributed by atoms with E-state index in [1.807, 2.05) is 12.1 Å². The quantitative estimate of drug-likeness (QED) is 0.0841. The molecule has 0 saturated heterocycles. The highest BCUT2D eigenvalue weighted by Gasteiger charge is 2.51. The van der Waals surface area contributed by atoms with Crippen molar-refractivity contribution in [3.8, 4) is 28.4 Å². The number of aliphatic hydroxyl groups is 1. The van der Waals surface area contributed by atoms with Crippen LogP contribution in [0.25, 0.3) is 33.5 Å². The number of allylic oxidation sites excluding steroid dienone is 6. The first kappa shape index (κ1) is 42.4. The summed E-state index contributed by atoms with van der Waals surface area (Å²) in [6.45, 7) is 12.9. The van der Waals surface area contributed by atoms with Crippen molar-refractivity contribution < 1.29 is 24.1 Å². The van der Waals surface area contributed by atoms with E-state index in [0.29, 0.717) is 30.6 Å². The number of aliphatic hydroxyl groups excluding tert-OH is 1. The minimum atomic E-state index is -0.929. The van der Waals surface area contributed by atoms with Gasteiger partial charge in [0.05, 0.1) is 32.3 Å². The second kappa shape index (κ2) is 17.3. The fraction of sp³-hybridized carbons (Fsp3) is 0.345. The Balaban J connectivity index is 1.21. The van der Waals surface area contributed by atoms with Crippen molar-refractivity contribution in [2.24, 2.45) is 5.41 Å². The summed E-state index contributed by atoms with van der Waals surface area (Å²) >= 11 is 0. The topological polar surface area (TPSA) is 57.2 Å². The Bertz CT molecular complexity index is 2630. The predicted molar refractivity (Wildman–Crippen MR) is 259 cm³/mol. The minimum Gasteiger partial charge on any atom is -0.513 e. The lowest BCUT2D eigenvalue weighted by molar-refractivity contribution is 0.132. The Morgan fingerprint density at radius 1 is 0.778 bits per heavy atom. The van der Waals surface area contributed by atoms with Crippen LogP contribution in [-0.4, -0.2) is 25.9 Å². The lowest BCUT2D eigenvalue weighted by Crippen LogP contribution is -2.38. The zero-order valence-electron chi connectivity index (χ0n) is 37.7. The van der Waals surface area contributed by atoms with Gasteiger partial charge in [0.15, 0.2) is 5.60 Å². The third-order valence-corrected chi connectivity index (χ3v) is 15.0. The fourth-order valence-electron chi connectivity index (χ4n) is 11.2. The third-order valence-electron chi connectivity index (χ3n) is 15.0. The summed E-state index contributed by atoms with van der Waals surface area (Å²) < 4.78 is 25.7. The standard InChI is InChI=1S/C58H62O5/c1-7-56(8-2)32-34-57(35-33-56)51-19-13-12-18-46(51)53-49-37-48(42-16-10-9-11-17-42)52(61-6)38-50(49)55-47(54(53)57)30-31-58(63-55,44-26-28-45(60-5)29-27-44)43-24-22-41(23-25-43)15-14-36-62-40(4)21-20-39(3)59/h10,12-13,16-19,22-31,37-38,59H,3-4,7-9,11,14-15,20-21,32-36H2,1-2,5-6H3. The highest BCUT2D eigenvalue weighted by molar-refractivity contribution is 6.10. The van der Waals surface area contributed by atoms with Gasteiger partial charge in [-0.2, -0.15) is 0 Å². The van der Waals surface area contributed by atoms with Gasteiger partial charge in [-0.15, -0.1) is 0 Å². The second-order valence-corrected chi connectivity index (χ2v) is 18.2. The lowest BCUT2D eigenvalue weighted by atomic mass is 9.58. The Labute approximate surface area is 374 Å². The highest BCUT2D eigenvalue weighted by atomic mass is 16.5. The molecule has 5 aromatic carbocycles. The zero-order valence-corrected chi connectivity index (χ0v) is 37.7. The second-order valence-electron chi connectivity index (χ2n) is 18.2. The molecule has 1 atom stereocenters. The van der Waals surface area contributed by atoms with Crippen molar-refractivity contribution in [2.45, 2.75) is 102 Å². The molecule has 324 valence electrons. The Kier molecular flexibility index (Phi) is 11.6. The molecule has 5 nitrogen and oxygen atoms in total. The van der Waals surface area contributed by atoms with E-state index in [1.165, 1.54) is 70.0 Å². The first-order chi connectivity index (χ1) is 30.7. The molecular weight excluding hydrogens is 777 g/mol. The average Bonchev–Trinajstić information content (AvgIpc) is 3.62. The van der Waals surface area contributed by atoms with E-state index in [2.05, 4.69) is 130 Å². The Morgan fingerprint density at radius 3 is 2.17 bits per heavy atom. The van der Waals surface area contributed by atoms with Crippen LogP contribution in [0.15, 0.2) is 134 Å². The van der Waals surface area contributed by atoms with Gasteiger partial charge in [0.1, 0.15) is 17.2 Å². The van der Waals surface area contributed by atoms with Crippen molar-refractivity contribution in [3.63, 3.8) is 0 Å². The van der Waals surface area contributed by atoms with Gasteiger partial charge in [-0.25, -0.2) is 0 Å². The summed E-state index contributed by atoms with van der Waals surface area (Å²) in [5.41, 5.74) is 11.7. The third kappa shape index (κ3) is 7.47. The van der Waals surface area contributed by atoms with Crippen LogP contribution in [0, 0.1) is 5.41 Å². The molecule has 0 amide bonds. The first-order valence-electron chi connectivity index (χ1n) is 23.2. The van der Waals surface area contributed by atoms with Crippen LogP contribution in [0.1, 0.15) is 123 Å². The van der Waals surface area contributed by atoms with Crippen LogP contribution in [0.2, 0.25) is 0 Å². The predicted octanol–water partition coefficient (Wildman–Crippen LogP) is 14.9. The molecule has 5 aromatic rings. The van der Waals surface area contributed by atoms with Gasteiger partial charge in [-0.1, -0.05) is 125 Å². The van der Waals surface area contributed by atoms with Gasteiger partial charge in [-0.3, -0.25) is 0 Å². The van der Waals surface area contributed by atoms with E-state index < -0.39 is 5.60 Å². The van der Waals surface area contributed by atoms with Gasteiger partial charge in [0.2, 0.25) is 0 Å². The molecule has 1 heterocycles. The Morgan fingerprint density at radius 2 is 1.51 bits per heavy atom. The summed E-state index contributed by atoms with van der Waals surface area (Å²) in [4.78, 5) is 0. The van der Waals surface area contributed by atoms with Crippen molar-refractivity contribution in [2.75, 3.05) is 20.8 Å². The molecule has 1 saturated carbocycles. The molecule has 9 rings (SSSR count). The van der Waals surface area contributed by atoms with Crippen LogP contribution in [0.3, 0.4) is 0 Å². The largest absolute Gasteiger partial charge is 0.513 e. The van der Waals surface area contributed by atoms with Crippen molar-refractivity contribution >= 4 is 22.4 Å². The molecule has 1 N–H and O–H groups in total. The molecule has 1 aliphatic heterocycles. The van der Waals surface area contributed by atoms with Crippen LogP contribution in [-0.2, 0) is 22.2 Å². The number of ether oxygens (including phenoxy) is 4. The van der Waals surface area contributed by atoms with Crippen LogP contribution in [0.4, 0.5) is 0 Å². The SMILES string of the molecule is C=C(O)CCC(=C)OCCCc1ccc(C2(c3ccc(OC)cc3)C=Cc3c4c(c5cc(C6=CCCC=C6)c(OC)cc5c3O2)-c2ccccc2C42CCC(CC)(CC)CC2)cc1. The van der Waals surface area contributed by atoms with Crippen LogP contribution < -0.4 is 14.2 Å². The van der Waals surface area contributed by atoms with E-state index in [-0.39, 0.29) is 11.2 Å². The first-order valence-corrected chi connectivity index (χ1v) is 23.2. The maximum atomic E-state index is 9.46. The number of aryl methyl sites for hydroxylation is 1. The normalized spacial score (nSPS) is 18.8. The maximum absolute atomic E-state index is 9.46. The molecule has 1 spiro atoms. The summed E-state index contributed by atoms with van der Waals surface area (Å²) in [5, 5.41) is 11.7. The number of fused-ring (bicyclic) bond motifs is 10. The van der Waals surface area contributed by atoms with E-state index in [0.717, 1.165) is 77.9 Å². The maximum Gasteiger partial charge on any atom is 0.178 e. The van der Waals surface area contributed by atoms with E-state index in [1.54, 1.807) is 14.2 Å². The molecule has 63 heavy (non-hydrogen) atoms.